The second-order valence-corrected chi connectivity index (χ2v) is 5.07. The van der Waals surface area contributed by atoms with Crippen molar-refractivity contribution < 1.29 is 9.59 Å². The van der Waals surface area contributed by atoms with E-state index in [2.05, 4.69) is 27.6 Å². The number of benzene rings is 1. The average Bonchev–Trinajstić information content (AvgIpc) is 2.64. The lowest BCUT2D eigenvalue weighted by Gasteiger charge is -2.12. The number of pyridine rings is 1. The second kappa shape index (κ2) is 4.16. The number of carbonyl (C=O) groups is 2. The van der Waals surface area contributed by atoms with Crippen LogP contribution in [0.5, 0.6) is 0 Å². The molecule has 3 rings (SSSR count). The highest BCUT2D eigenvalue weighted by Gasteiger charge is 2.36. The number of aromatic nitrogens is 1. The quantitative estimate of drug-likeness (QED) is 0.587. The van der Waals surface area contributed by atoms with E-state index in [0.717, 1.165) is 8.47 Å². The van der Waals surface area contributed by atoms with Gasteiger partial charge < -0.3 is 0 Å². The molecule has 5 heteroatoms. The first kappa shape index (κ1) is 11.3. The Bertz CT molecular complexity index is 617. The molecule has 0 radical (unpaired) electrons. The standard InChI is InChI=1S/C13H7IN2O2/c14-8-5-6-11(15-7-8)16-12(17)9-3-1-2-4-10(9)13(16)18/h1-7H. The number of nitrogens with zero attached hydrogens (tertiary/aromatic N) is 2. The van der Waals surface area contributed by atoms with Crippen molar-refractivity contribution in [2.75, 3.05) is 4.90 Å². The Morgan fingerprint density at radius 1 is 0.944 bits per heavy atom. The van der Waals surface area contributed by atoms with E-state index in [1.165, 1.54) is 0 Å². The fourth-order valence-electron chi connectivity index (χ4n) is 1.90. The third-order valence-corrected chi connectivity index (χ3v) is 3.37. The van der Waals surface area contributed by atoms with Crippen LogP contribution in [0.2, 0.25) is 0 Å². The summed E-state index contributed by atoms with van der Waals surface area (Å²) >= 11 is 2.12. The summed E-state index contributed by atoms with van der Waals surface area (Å²) in [6.45, 7) is 0. The van der Waals surface area contributed by atoms with Gasteiger partial charge in [0.05, 0.1) is 11.1 Å². The van der Waals surface area contributed by atoms with Gasteiger partial charge in [-0.2, -0.15) is 0 Å². The van der Waals surface area contributed by atoms with Gasteiger partial charge in [-0.3, -0.25) is 9.59 Å². The zero-order chi connectivity index (χ0) is 12.7. The third kappa shape index (κ3) is 1.62. The van der Waals surface area contributed by atoms with Crippen molar-refractivity contribution >= 4 is 40.2 Å². The van der Waals surface area contributed by atoms with Crippen LogP contribution in [-0.2, 0) is 0 Å². The molecule has 18 heavy (non-hydrogen) atoms. The summed E-state index contributed by atoms with van der Waals surface area (Å²) < 4.78 is 0.952. The molecule has 0 N–H and O–H groups in total. The summed E-state index contributed by atoms with van der Waals surface area (Å²) in [7, 11) is 0. The van der Waals surface area contributed by atoms with Crippen molar-refractivity contribution in [2.45, 2.75) is 0 Å². The van der Waals surface area contributed by atoms with E-state index in [9.17, 15) is 9.59 Å². The minimum Gasteiger partial charge on any atom is -0.268 e. The zero-order valence-electron chi connectivity index (χ0n) is 9.13. The van der Waals surface area contributed by atoms with Crippen LogP contribution in [-0.4, -0.2) is 16.8 Å². The molecule has 1 aliphatic rings. The number of fused-ring (bicyclic) bond motifs is 1. The van der Waals surface area contributed by atoms with E-state index < -0.39 is 0 Å². The second-order valence-electron chi connectivity index (χ2n) is 3.83. The lowest BCUT2D eigenvalue weighted by atomic mass is 10.1. The molecular weight excluding hydrogens is 343 g/mol. The van der Waals surface area contributed by atoms with Crippen molar-refractivity contribution in [1.82, 2.24) is 4.98 Å². The summed E-state index contributed by atoms with van der Waals surface area (Å²) in [6, 6.07) is 10.3. The SMILES string of the molecule is O=C1c2ccccc2C(=O)N1c1ccc(I)cn1. The van der Waals surface area contributed by atoms with Crippen LogP contribution in [0, 0.1) is 3.57 Å². The third-order valence-electron chi connectivity index (χ3n) is 2.73. The van der Waals surface area contributed by atoms with Gasteiger partial charge in [0, 0.05) is 9.77 Å². The maximum absolute atomic E-state index is 12.2. The van der Waals surface area contributed by atoms with E-state index in [0.29, 0.717) is 16.9 Å². The summed E-state index contributed by atoms with van der Waals surface area (Å²) in [4.78, 5) is 29.5. The maximum atomic E-state index is 12.2. The Morgan fingerprint density at radius 2 is 1.56 bits per heavy atom. The van der Waals surface area contributed by atoms with Gasteiger partial charge in [0.25, 0.3) is 11.8 Å². The minimum absolute atomic E-state index is 0.315. The topological polar surface area (TPSA) is 50.3 Å². The van der Waals surface area contributed by atoms with Gasteiger partial charge in [-0.1, -0.05) is 12.1 Å². The number of hydrogen-bond donors (Lipinski definition) is 0. The molecule has 2 aromatic rings. The Morgan fingerprint density at radius 3 is 2.06 bits per heavy atom. The van der Waals surface area contributed by atoms with E-state index in [4.69, 9.17) is 0 Å². The Labute approximate surface area is 117 Å². The van der Waals surface area contributed by atoms with Crippen molar-refractivity contribution in [3.05, 3.63) is 57.3 Å². The molecule has 2 heterocycles. The van der Waals surface area contributed by atoms with Crippen LogP contribution in [0.1, 0.15) is 20.7 Å². The molecule has 4 nitrogen and oxygen atoms in total. The van der Waals surface area contributed by atoms with Crippen molar-refractivity contribution in [2.24, 2.45) is 0 Å². The normalized spacial score (nSPS) is 13.9. The highest BCUT2D eigenvalue weighted by atomic mass is 127. The molecule has 1 aromatic heterocycles. The summed E-state index contributed by atoms with van der Waals surface area (Å²) in [5, 5.41) is 0. The molecule has 0 atom stereocenters. The highest BCUT2D eigenvalue weighted by molar-refractivity contribution is 14.1. The van der Waals surface area contributed by atoms with E-state index in [-0.39, 0.29) is 11.8 Å². The van der Waals surface area contributed by atoms with Crippen LogP contribution in [0.25, 0.3) is 0 Å². The smallest absolute Gasteiger partial charge is 0.267 e. The van der Waals surface area contributed by atoms with Gasteiger partial charge >= 0.3 is 0 Å². The summed E-state index contributed by atoms with van der Waals surface area (Å²) in [5.74, 6) is -0.268. The average molecular weight is 350 g/mol. The molecule has 0 spiro atoms. The highest BCUT2D eigenvalue weighted by Crippen LogP contribution is 2.26. The molecule has 88 valence electrons. The Balaban J connectivity index is 2.09. The number of imide groups is 1. The number of halogens is 1. The lowest BCUT2D eigenvalue weighted by molar-refractivity contribution is 0.0925. The Kier molecular flexibility index (Phi) is 2.62. The van der Waals surface area contributed by atoms with Gasteiger partial charge in [0.15, 0.2) is 0 Å². The number of carbonyl (C=O) groups excluding carboxylic acids is 2. The molecule has 2 amide bonds. The van der Waals surface area contributed by atoms with Gasteiger partial charge in [0.2, 0.25) is 0 Å². The van der Waals surface area contributed by atoms with Crippen molar-refractivity contribution in [1.29, 1.82) is 0 Å². The number of amides is 2. The van der Waals surface area contributed by atoms with E-state index >= 15 is 0 Å². The first-order chi connectivity index (χ1) is 8.68. The predicted octanol–water partition coefficient (Wildman–Crippen LogP) is 2.49. The van der Waals surface area contributed by atoms with Crippen LogP contribution in [0.15, 0.2) is 42.6 Å². The fourth-order valence-corrected chi connectivity index (χ4v) is 2.22. The molecule has 0 fully saturated rings. The number of rotatable bonds is 1. The van der Waals surface area contributed by atoms with Gasteiger partial charge in [-0.15, -0.1) is 0 Å². The molecule has 0 saturated carbocycles. The van der Waals surface area contributed by atoms with Gasteiger partial charge in [-0.25, -0.2) is 9.88 Å². The van der Waals surface area contributed by atoms with Crippen LogP contribution in [0.4, 0.5) is 5.82 Å². The molecule has 1 aliphatic heterocycles. The minimum atomic E-state index is -0.315. The van der Waals surface area contributed by atoms with E-state index in [1.54, 1.807) is 36.5 Å². The summed E-state index contributed by atoms with van der Waals surface area (Å²) in [6.07, 6.45) is 1.62. The molecule has 0 bridgehead atoms. The van der Waals surface area contributed by atoms with Crippen LogP contribution >= 0.6 is 22.6 Å². The molecule has 0 saturated heterocycles. The zero-order valence-corrected chi connectivity index (χ0v) is 11.3. The molecule has 0 aliphatic carbocycles. The van der Waals surface area contributed by atoms with Crippen molar-refractivity contribution in [3.63, 3.8) is 0 Å². The molecular formula is C13H7IN2O2. The molecule has 0 unspecified atom stereocenters. The van der Waals surface area contributed by atoms with Crippen LogP contribution < -0.4 is 4.90 Å². The largest absolute Gasteiger partial charge is 0.268 e. The maximum Gasteiger partial charge on any atom is 0.267 e. The van der Waals surface area contributed by atoms with Crippen molar-refractivity contribution in [3.8, 4) is 0 Å². The number of anilines is 1. The Hall–Kier alpha value is -1.76. The monoisotopic (exact) mass is 350 g/mol. The molecule has 1 aromatic carbocycles. The number of hydrogen-bond acceptors (Lipinski definition) is 3. The predicted molar refractivity (Wildman–Crippen MR) is 74.5 cm³/mol. The van der Waals surface area contributed by atoms with Crippen LogP contribution in [0.3, 0.4) is 0 Å². The first-order valence-electron chi connectivity index (χ1n) is 5.28. The van der Waals surface area contributed by atoms with E-state index in [1.807, 2.05) is 6.07 Å². The van der Waals surface area contributed by atoms with Gasteiger partial charge in [-0.05, 0) is 46.9 Å². The first-order valence-corrected chi connectivity index (χ1v) is 6.36. The lowest BCUT2D eigenvalue weighted by Crippen LogP contribution is -2.30. The summed E-state index contributed by atoms with van der Waals surface area (Å²) in [5.41, 5.74) is 0.866. The van der Waals surface area contributed by atoms with Gasteiger partial charge in [0.1, 0.15) is 5.82 Å². The fraction of sp³-hybridized carbons (Fsp3) is 0.